The fraction of sp³-hybridized carbons (Fsp3) is 0.333. The molecule has 2 aromatic rings. The molecule has 2 heterocycles. The van der Waals surface area contributed by atoms with E-state index in [-0.39, 0.29) is 11.5 Å². The first-order valence-corrected chi connectivity index (χ1v) is 4.39. The first-order valence-electron chi connectivity index (χ1n) is 4.39. The topological polar surface area (TPSA) is 71.5 Å². The first kappa shape index (κ1) is 8.80. The van der Waals surface area contributed by atoms with Gasteiger partial charge in [-0.05, 0) is 5.92 Å². The number of hydrogen-bond acceptors (Lipinski definition) is 4. The molecule has 0 aliphatic heterocycles. The minimum absolute atomic E-state index is 0.245. The van der Waals surface area contributed by atoms with Crippen molar-refractivity contribution < 1.29 is 0 Å². The van der Waals surface area contributed by atoms with Crippen LogP contribution in [0.15, 0.2) is 17.3 Å². The van der Waals surface area contributed by atoms with Gasteiger partial charge in [0, 0.05) is 0 Å². The van der Waals surface area contributed by atoms with Gasteiger partial charge in [-0.25, -0.2) is 15.0 Å². The van der Waals surface area contributed by atoms with Gasteiger partial charge in [0.1, 0.15) is 0 Å². The SMILES string of the molecule is CC(C)c1cnc2nc[nH]c(=O)c2n1. The number of aromatic amines is 1. The zero-order chi connectivity index (χ0) is 10.1. The number of fused-ring (bicyclic) bond motifs is 1. The highest BCUT2D eigenvalue weighted by Gasteiger charge is 2.06. The molecule has 0 spiro atoms. The van der Waals surface area contributed by atoms with Gasteiger partial charge < -0.3 is 4.98 Å². The van der Waals surface area contributed by atoms with Crippen LogP contribution in [-0.2, 0) is 0 Å². The number of H-pyrrole nitrogens is 1. The minimum atomic E-state index is -0.245. The van der Waals surface area contributed by atoms with Crippen molar-refractivity contribution in [2.75, 3.05) is 0 Å². The molecule has 0 atom stereocenters. The van der Waals surface area contributed by atoms with Crippen LogP contribution in [0.2, 0.25) is 0 Å². The molecule has 0 radical (unpaired) electrons. The second-order valence-corrected chi connectivity index (χ2v) is 3.35. The van der Waals surface area contributed by atoms with Gasteiger partial charge in [-0.3, -0.25) is 4.79 Å². The van der Waals surface area contributed by atoms with Crippen LogP contribution in [0.4, 0.5) is 0 Å². The lowest BCUT2D eigenvalue weighted by molar-refractivity contribution is 0.819. The zero-order valence-electron chi connectivity index (χ0n) is 7.98. The first-order chi connectivity index (χ1) is 6.68. The number of nitrogens with zero attached hydrogens (tertiary/aromatic N) is 3. The van der Waals surface area contributed by atoms with E-state index < -0.39 is 0 Å². The Hall–Kier alpha value is -1.78. The van der Waals surface area contributed by atoms with Gasteiger partial charge in [0.05, 0.1) is 18.2 Å². The lowest BCUT2D eigenvalue weighted by Gasteiger charge is -2.03. The third kappa shape index (κ3) is 1.37. The molecule has 1 N–H and O–H groups in total. The standard InChI is InChI=1S/C9H10N4O/c1-5(2)6-3-10-8-7(13-6)9(14)12-4-11-8/h3-5H,1-2H3,(H,10,11,12,14). The molecule has 72 valence electrons. The lowest BCUT2D eigenvalue weighted by atomic mass is 10.1. The van der Waals surface area contributed by atoms with Crippen LogP contribution in [0, 0.1) is 0 Å². The highest BCUT2D eigenvalue weighted by molar-refractivity contribution is 5.67. The quantitative estimate of drug-likeness (QED) is 0.723. The van der Waals surface area contributed by atoms with Crippen LogP contribution in [-0.4, -0.2) is 19.9 Å². The molecular weight excluding hydrogens is 180 g/mol. The Morgan fingerprint density at radius 2 is 2.14 bits per heavy atom. The average molecular weight is 190 g/mol. The Kier molecular flexibility index (Phi) is 1.99. The van der Waals surface area contributed by atoms with Crippen LogP contribution in [0.1, 0.15) is 25.5 Å². The summed E-state index contributed by atoms with van der Waals surface area (Å²) >= 11 is 0. The maximum atomic E-state index is 11.4. The van der Waals surface area contributed by atoms with E-state index in [1.165, 1.54) is 6.33 Å². The van der Waals surface area contributed by atoms with Crippen LogP contribution >= 0.6 is 0 Å². The highest BCUT2D eigenvalue weighted by Crippen LogP contribution is 2.10. The maximum absolute atomic E-state index is 11.4. The summed E-state index contributed by atoms with van der Waals surface area (Å²) in [6.07, 6.45) is 2.98. The minimum Gasteiger partial charge on any atom is -0.311 e. The molecule has 0 saturated heterocycles. The molecule has 0 saturated carbocycles. The van der Waals surface area contributed by atoms with Crippen molar-refractivity contribution in [1.29, 1.82) is 0 Å². The summed E-state index contributed by atoms with van der Waals surface area (Å²) in [6.45, 7) is 4.00. The summed E-state index contributed by atoms with van der Waals surface area (Å²) in [5, 5.41) is 0. The normalized spacial score (nSPS) is 11.1. The molecule has 0 aromatic carbocycles. The van der Waals surface area contributed by atoms with Crippen LogP contribution in [0.5, 0.6) is 0 Å². The van der Waals surface area contributed by atoms with Crippen molar-refractivity contribution in [2.45, 2.75) is 19.8 Å². The number of aromatic nitrogens is 4. The molecule has 0 aliphatic rings. The van der Waals surface area contributed by atoms with Crippen molar-refractivity contribution in [1.82, 2.24) is 19.9 Å². The Morgan fingerprint density at radius 1 is 1.36 bits per heavy atom. The fourth-order valence-corrected chi connectivity index (χ4v) is 1.14. The number of hydrogen-bond donors (Lipinski definition) is 1. The van der Waals surface area contributed by atoms with Crippen LogP contribution < -0.4 is 5.56 Å². The zero-order valence-corrected chi connectivity index (χ0v) is 7.98. The summed E-state index contributed by atoms with van der Waals surface area (Å²) in [5.74, 6) is 0.256. The number of nitrogens with one attached hydrogen (secondary N) is 1. The van der Waals surface area contributed by atoms with Gasteiger partial charge in [0.15, 0.2) is 11.2 Å². The van der Waals surface area contributed by atoms with Gasteiger partial charge in [0.2, 0.25) is 0 Å². The Labute approximate surface area is 80.2 Å². The summed E-state index contributed by atoms with van der Waals surface area (Å²) in [6, 6.07) is 0. The third-order valence-electron chi connectivity index (χ3n) is 1.96. The smallest absolute Gasteiger partial charge is 0.278 e. The van der Waals surface area contributed by atoms with E-state index >= 15 is 0 Å². The Balaban J connectivity index is 2.76. The molecule has 2 rings (SSSR count). The molecular formula is C9H10N4O. The van der Waals surface area contributed by atoms with Crippen molar-refractivity contribution in [3.8, 4) is 0 Å². The summed E-state index contributed by atoms with van der Waals surface area (Å²) in [5.41, 5.74) is 1.25. The van der Waals surface area contributed by atoms with Gasteiger partial charge in [-0.15, -0.1) is 0 Å². The molecule has 0 aliphatic carbocycles. The average Bonchev–Trinajstić information content (AvgIpc) is 2.18. The molecule has 0 amide bonds. The van der Waals surface area contributed by atoms with E-state index in [2.05, 4.69) is 19.9 Å². The van der Waals surface area contributed by atoms with Crippen molar-refractivity contribution in [2.24, 2.45) is 0 Å². The molecule has 0 fully saturated rings. The Bertz CT molecular complexity index is 517. The molecule has 5 nitrogen and oxygen atoms in total. The molecule has 2 aromatic heterocycles. The van der Waals surface area contributed by atoms with Crippen LogP contribution in [0.3, 0.4) is 0 Å². The number of rotatable bonds is 1. The Morgan fingerprint density at radius 3 is 2.86 bits per heavy atom. The molecule has 14 heavy (non-hydrogen) atoms. The van der Waals surface area contributed by atoms with E-state index in [0.717, 1.165) is 5.69 Å². The largest absolute Gasteiger partial charge is 0.311 e. The van der Waals surface area contributed by atoms with Gasteiger partial charge in [-0.2, -0.15) is 0 Å². The van der Waals surface area contributed by atoms with Crippen molar-refractivity contribution in [3.63, 3.8) is 0 Å². The second-order valence-electron chi connectivity index (χ2n) is 3.35. The van der Waals surface area contributed by atoms with E-state index in [9.17, 15) is 4.79 Å². The summed E-state index contributed by atoms with van der Waals surface area (Å²) in [4.78, 5) is 26.0. The summed E-state index contributed by atoms with van der Waals surface area (Å²) in [7, 11) is 0. The van der Waals surface area contributed by atoms with E-state index in [0.29, 0.717) is 11.2 Å². The summed E-state index contributed by atoms with van der Waals surface area (Å²) < 4.78 is 0. The molecule has 5 heteroatoms. The predicted molar refractivity (Wildman–Crippen MR) is 52.0 cm³/mol. The third-order valence-corrected chi connectivity index (χ3v) is 1.96. The molecule has 0 bridgehead atoms. The second kappa shape index (κ2) is 3.17. The monoisotopic (exact) mass is 190 g/mol. The van der Waals surface area contributed by atoms with E-state index in [1.807, 2.05) is 13.8 Å². The predicted octanol–water partition coefficient (Wildman–Crippen LogP) is 0.836. The van der Waals surface area contributed by atoms with Crippen LogP contribution in [0.25, 0.3) is 11.2 Å². The van der Waals surface area contributed by atoms with Crippen molar-refractivity contribution >= 4 is 11.2 Å². The van der Waals surface area contributed by atoms with E-state index in [1.54, 1.807) is 6.20 Å². The lowest BCUT2D eigenvalue weighted by Crippen LogP contribution is -2.10. The van der Waals surface area contributed by atoms with E-state index in [4.69, 9.17) is 0 Å². The van der Waals surface area contributed by atoms with Gasteiger partial charge >= 0.3 is 0 Å². The highest BCUT2D eigenvalue weighted by atomic mass is 16.1. The van der Waals surface area contributed by atoms with Crippen molar-refractivity contribution in [3.05, 3.63) is 28.6 Å². The maximum Gasteiger partial charge on any atom is 0.278 e. The van der Waals surface area contributed by atoms with Gasteiger partial charge in [-0.1, -0.05) is 13.8 Å². The van der Waals surface area contributed by atoms with Gasteiger partial charge in [0.25, 0.3) is 5.56 Å². The fourth-order valence-electron chi connectivity index (χ4n) is 1.14. The molecule has 0 unspecified atom stereocenters.